The fourth-order valence-electron chi connectivity index (χ4n) is 1.62. The summed E-state index contributed by atoms with van der Waals surface area (Å²) in [4.78, 5) is 0. The van der Waals surface area contributed by atoms with Crippen LogP contribution in [0.25, 0.3) is 10.1 Å². The maximum Gasteiger partial charge on any atom is 0.416 e. The van der Waals surface area contributed by atoms with E-state index in [1.807, 2.05) is 0 Å². The molecule has 0 amide bonds. The van der Waals surface area contributed by atoms with E-state index in [0.29, 0.717) is 4.70 Å². The fraction of sp³-hybridized carbons (Fsp3) is 0.200. The standard InChI is InChI=1S/C10H7F3O3S2/c1-5-7-4-6(10(11,12)13)2-3-8(7)17-9(5)18(14,15)16/h2-4H,1H3,(H,14,15,16). The quantitative estimate of drug-likeness (QED) is 0.820. The highest BCUT2D eigenvalue weighted by Gasteiger charge is 2.31. The third-order valence-electron chi connectivity index (χ3n) is 2.45. The summed E-state index contributed by atoms with van der Waals surface area (Å²) in [5.41, 5.74) is -0.721. The highest BCUT2D eigenvalue weighted by Crippen LogP contribution is 2.38. The molecule has 98 valence electrons. The lowest BCUT2D eigenvalue weighted by Crippen LogP contribution is -2.04. The summed E-state index contributed by atoms with van der Waals surface area (Å²) in [6, 6.07) is 2.96. The number of hydrogen-bond acceptors (Lipinski definition) is 3. The van der Waals surface area contributed by atoms with Gasteiger partial charge in [0.05, 0.1) is 5.56 Å². The van der Waals surface area contributed by atoms with Crippen LogP contribution in [0.2, 0.25) is 0 Å². The molecule has 0 aliphatic heterocycles. The lowest BCUT2D eigenvalue weighted by atomic mass is 10.1. The number of thiophene rings is 1. The highest BCUT2D eigenvalue weighted by atomic mass is 32.3. The number of rotatable bonds is 1. The zero-order valence-electron chi connectivity index (χ0n) is 8.95. The third kappa shape index (κ3) is 2.23. The molecule has 1 aromatic carbocycles. The molecule has 3 nitrogen and oxygen atoms in total. The molecule has 0 saturated heterocycles. The van der Waals surface area contributed by atoms with Crippen molar-refractivity contribution in [1.82, 2.24) is 0 Å². The molecule has 2 rings (SSSR count). The normalized spacial score (nSPS) is 13.2. The summed E-state index contributed by atoms with van der Waals surface area (Å²) in [6.45, 7) is 1.36. The maximum absolute atomic E-state index is 12.5. The average molecular weight is 296 g/mol. The topological polar surface area (TPSA) is 54.4 Å². The van der Waals surface area contributed by atoms with E-state index < -0.39 is 21.9 Å². The first-order valence-corrected chi connectivity index (χ1v) is 6.94. The number of halogens is 3. The van der Waals surface area contributed by atoms with Crippen LogP contribution in [0, 0.1) is 6.92 Å². The summed E-state index contributed by atoms with van der Waals surface area (Å²) < 4.78 is 68.7. The van der Waals surface area contributed by atoms with Gasteiger partial charge >= 0.3 is 16.3 Å². The molecule has 0 atom stereocenters. The van der Waals surface area contributed by atoms with E-state index in [4.69, 9.17) is 4.55 Å². The molecular formula is C10H7F3O3S2. The van der Waals surface area contributed by atoms with E-state index in [2.05, 4.69) is 0 Å². The number of benzene rings is 1. The lowest BCUT2D eigenvalue weighted by molar-refractivity contribution is -0.137. The van der Waals surface area contributed by atoms with Crippen LogP contribution in [-0.4, -0.2) is 13.0 Å². The molecule has 18 heavy (non-hydrogen) atoms. The molecule has 1 heterocycles. The molecule has 0 aliphatic carbocycles. The van der Waals surface area contributed by atoms with E-state index >= 15 is 0 Å². The van der Waals surface area contributed by atoms with Crippen LogP contribution in [-0.2, 0) is 16.3 Å². The first-order chi connectivity index (χ1) is 8.10. The number of alkyl halides is 3. The van der Waals surface area contributed by atoms with Gasteiger partial charge in [0, 0.05) is 4.70 Å². The molecule has 1 aromatic heterocycles. The number of aryl methyl sites for hydroxylation is 1. The second kappa shape index (κ2) is 3.94. The summed E-state index contributed by atoms with van der Waals surface area (Å²) in [7, 11) is -4.41. The van der Waals surface area contributed by atoms with Crippen LogP contribution in [0.15, 0.2) is 22.4 Å². The van der Waals surface area contributed by atoms with Gasteiger partial charge in [0.1, 0.15) is 0 Å². The van der Waals surface area contributed by atoms with Gasteiger partial charge in [0.2, 0.25) is 0 Å². The van der Waals surface area contributed by atoms with Gasteiger partial charge in [-0.2, -0.15) is 21.6 Å². The summed E-state index contributed by atoms with van der Waals surface area (Å²) in [6.07, 6.45) is -4.49. The molecular weight excluding hydrogens is 289 g/mol. The van der Waals surface area contributed by atoms with E-state index in [1.165, 1.54) is 13.0 Å². The van der Waals surface area contributed by atoms with Crippen molar-refractivity contribution < 1.29 is 26.1 Å². The molecule has 1 N–H and O–H groups in total. The largest absolute Gasteiger partial charge is 0.416 e. The zero-order chi connectivity index (χ0) is 13.7. The van der Waals surface area contributed by atoms with Crippen LogP contribution in [0.1, 0.15) is 11.1 Å². The Balaban J connectivity index is 2.76. The smallest absolute Gasteiger partial charge is 0.281 e. The zero-order valence-corrected chi connectivity index (χ0v) is 10.6. The van der Waals surface area contributed by atoms with Crippen molar-refractivity contribution in [3.05, 3.63) is 29.3 Å². The van der Waals surface area contributed by atoms with Crippen LogP contribution in [0.4, 0.5) is 13.2 Å². The minimum Gasteiger partial charge on any atom is -0.281 e. The molecule has 0 bridgehead atoms. The predicted molar refractivity (Wildman–Crippen MR) is 61.4 cm³/mol. The van der Waals surface area contributed by atoms with E-state index in [9.17, 15) is 21.6 Å². The van der Waals surface area contributed by atoms with Crippen molar-refractivity contribution in [3.63, 3.8) is 0 Å². The molecule has 0 aliphatic rings. The Kier molecular flexibility index (Phi) is 2.91. The van der Waals surface area contributed by atoms with Gasteiger partial charge in [-0.05, 0) is 36.1 Å². The van der Waals surface area contributed by atoms with Crippen LogP contribution >= 0.6 is 11.3 Å². The molecule has 8 heteroatoms. The Morgan fingerprint density at radius 1 is 1.28 bits per heavy atom. The van der Waals surface area contributed by atoms with Gasteiger partial charge < -0.3 is 0 Å². The summed E-state index contributed by atoms with van der Waals surface area (Å²) in [5, 5.41) is 0.183. The second-order valence-electron chi connectivity index (χ2n) is 3.70. The van der Waals surface area contributed by atoms with Gasteiger partial charge in [0.25, 0.3) is 0 Å². The summed E-state index contributed by atoms with van der Waals surface area (Å²) >= 11 is 0.745. The Morgan fingerprint density at radius 3 is 2.39 bits per heavy atom. The fourth-order valence-corrected chi connectivity index (χ4v) is 3.73. The first kappa shape index (κ1) is 13.3. The van der Waals surface area contributed by atoms with Gasteiger partial charge in [-0.3, -0.25) is 4.55 Å². The van der Waals surface area contributed by atoms with Gasteiger partial charge in [-0.25, -0.2) is 0 Å². The van der Waals surface area contributed by atoms with Gasteiger partial charge in [-0.15, -0.1) is 11.3 Å². The van der Waals surface area contributed by atoms with Crippen molar-refractivity contribution in [2.24, 2.45) is 0 Å². The first-order valence-electron chi connectivity index (χ1n) is 4.68. The Morgan fingerprint density at radius 2 is 1.89 bits per heavy atom. The molecule has 0 unspecified atom stereocenters. The van der Waals surface area contributed by atoms with E-state index in [0.717, 1.165) is 23.5 Å². The average Bonchev–Trinajstić information content (AvgIpc) is 2.54. The molecule has 0 radical (unpaired) electrons. The van der Waals surface area contributed by atoms with Gasteiger partial charge in [0.15, 0.2) is 4.21 Å². The molecule has 2 aromatic rings. The van der Waals surface area contributed by atoms with Crippen molar-refractivity contribution >= 4 is 31.5 Å². The Hall–Kier alpha value is -1.12. The number of hydrogen-bond donors (Lipinski definition) is 1. The van der Waals surface area contributed by atoms with Crippen molar-refractivity contribution in [1.29, 1.82) is 0 Å². The van der Waals surface area contributed by atoms with E-state index in [1.54, 1.807) is 0 Å². The lowest BCUT2D eigenvalue weighted by Gasteiger charge is -2.06. The second-order valence-corrected chi connectivity index (χ2v) is 6.37. The van der Waals surface area contributed by atoms with Crippen molar-refractivity contribution in [2.45, 2.75) is 17.3 Å². The van der Waals surface area contributed by atoms with Crippen LogP contribution < -0.4 is 0 Å². The Labute approximate surface area is 105 Å². The van der Waals surface area contributed by atoms with Crippen molar-refractivity contribution in [3.8, 4) is 0 Å². The minimum absolute atomic E-state index is 0.128. The summed E-state index contributed by atoms with van der Waals surface area (Å²) in [5.74, 6) is 0. The monoisotopic (exact) mass is 296 g/mol. The SMILES string of the molecule is Cc1c(S(=O)(=O)O)sc2ccc(C(F)(F)F)cc12. The molecule has 0 fully saturated rings. The number of fused-ring (bicyclic) bond motifs is 1. The Bertz CT molecular complexity index is 714. The van der Waals surface area contributed by atoms with Crippen LogP contribution in [0.3, 0.4) is 0 Å². The van der Waals surface area contributed by atoms with E-state index in [-0.39, 0.29) is 15.2 Å². The predicted octanol–water partition coefficient (Wildman–Crippen LogP) is 3.48. The molecule has 0 spiro atoms. The van der Waals surface area contributed by atoms with Gasteiger partial charge in [-0.1, -0.05) is 0 Å². The van der Waals surface area contributed by atoms with Crippen molar-refractivity contribution in [2.75, 3.05) is 0 Å². The van der Waals surface area contributed by atoms with Crippen LogP contribution in [0.5, 0.6) is 0 Å². The molecule has 0 saturated carbocycles. The minimum atomic E-state index is -4.49. The maximum atomic E-state index is 12.5. The highest BCUT2D eigenvalue weighted by molar-refractivity contribution is 7.88. The third-order valence-corrected chi connectivity index (χ3v) is 5.18.